The predicted molar refractivity (Wildman–Crippen MR) is 43.4 cm³/mol. The molecular formula is C10H13O3-. The van der Waals surface area contributed by atoms with Crippen LogP contribution in [-0.2, 0) is 9.59 Å². The zero-order valence-corrected chi connectivity index (χ0v) is 7.60. The second kappa shape index (κ2) is 2.82. The van der Waals surface area contributed by atoms with E-state index in [4.69, 9.17) is 0 Å². The van der Waals surface area contributed by atoms with E-state index in [1.165, 1.54) is 0 Å². The number of carbonyl (C=O) groups excluding carboxylic acids is 2. The molecule has 0 aromatic rings. The number of aliphatic carboxylic acids is 1. The van der Waals surface area contributed by atoms with Gasteiger partial charge in [-0.15, -0.1) is 0 Å². The maximum absolute atomic E-state index is 10.8. The van der Waals surface area contributed by atoms with E-state index in [0.29, 0.717) is 11.8 Å². The SMILES string of the molecule is CC1CC2CC1C(C=O)C2C(=O)[O-]. The Morgan fingerprint density at radius 2 is 2.15 bits per heavy atom. The Morgan fingerprint density at radius 1 is 1.46 bits per heavy atom. The van der Waals surface area contributed by atoms with E-state index in [1.54, 1.807) is 0 Å². The van der Waals surface area contributed by atoms with Crippen LogP contribution in [0.2, 0.25) is 0 Å². The normalized spacial score (nSPS) is 47.9. The average molecular weight is 181 g/mol. The molecule has 2 saturated carbocycles. The quantitative estimate of drug-likeness (QED) is 0.556. The second-order valence-corrected chi connectivity index (χ2v) is 4.43. The standard InChI is InChI=1S/C10H14O3/c1-5-2-6-3-7(5)8(4-11)9(6)10(12)13/h4-9H,2-3H2,1H3,(H,12,13)/p-1. The smallest absolute Gasteiger partial charge is 0.124 e. The third kappa shape index (κ3) is 1.10. The fourth-order valence-electron chi connectivity index (χ4n) is 3.28. The molecule has 5 unspecified atom stereocenters. The lowest BCUT2D eigenvalue weighted by atomic mass is 9.75. The van der Waals surface area contributed by atoms with Gasteiger partial charge >= 0.3 is 0 Å². The van der Waals surface area contributed by atoms with Crippen molar-refractivity contribution >= 4 is 12.3 Å². The lowest BCUT2D eigenvalue weighted by Crippen LogP contribution is -2.41. The molecule has 0 heterocycles. The maximum Gasteiger partial charge on any atom is 0.124 e. The molecule has 3 heteroatoms. The van der Waals surface area contributed by atoms with E-state index in [1.807, 2.05) is 0 Å². The maximum atomic E-state index is 10.8. The number of fused-ring (bicyclic) bond motifs is 2. The molecule has 72 valence electrons. The zero-order chi connectivity index (χ0) is 9.59. The Hall–Kier alpha value is -0.860. The highest BCUT2D eigenvalue weighted by Crippen LogP contribution is 2.54. The molecular weight excluding hydrogens is 168 g/mol. The topological polar surface area (TPSA) is 57.2 Å². The predicted octanol–water partition coefficient (Wildman–Crippen LogP) is -0.157. The van der Waals surface area contributed by atoms with E-state index in [0.717, 1.165) is 19.1 Å². The highest BCUT2D eigenvalue weighted by Gasteiger charge is 2.51. The number of hydrogen-bond donors (Lipinski definition) is 0. The molecule has 5 atom stereocenters. The first kappa shape index (κ1) is 8.73. The molecule has 2 aliphatic carbocycles. The van der Waals surface area contributed by atoms with E-state index >= 15 is 0 Å². The third-order valence-corrected chi connectivity index (χ3v) is 3.83. The molecule has 0 radical (unpaired) electrons. The summed E-state index contributed by atoms with van der Waals surface area (Å²) in [6, 6.07) is 0. The molecule has 0 N–H and O–H groups in total. The number of hydrogen-bond acceptors (Lipinski definition) is 3. The Kier molecular flexibility index (Phi) is 1.90. The van der Waals surface area contributed by atoms with Crippen LogP contribution in [-0.4, -0.2) is 12.3 Å². The van der Waals surface area contributed by atoms with Crippen LogP contribution in [0.15, 0.2) is 0 Å². The molecule has 0 aliphatic heterocycles. The van der Waals surface area contributed by atoms with E-state index in [9.17, 15) is 14.7 Å². The zero-order valence-electron chi connectivity index (χ0n) is 7.60. The molecule has 2 bridgehead atoms. The fourth-order valence-corrected chi connectivity index (χ4v) is 3.28. The van der Waals surface area contributed by atoms with Crippen LogP contribution in [0, 0.1) is 29.6 Å². The van der Waals surface area contributed by atoms with Crippen molar-refractivity contribution in [2.75, 3.05) is 0 Å². The minimum Gasteiger partial charge on any atom is -0.550 e. The fraction of sp³-hybridized carbons (Fsp3) is 0.800. The van der Waals surface area contributed by atoms with E-state index in [-0.39, 0.29) is 11.8 Å². The number of carbonyl (C=O) groups is 2. The summed E-state index contributed by atoms with van der Waals surface area (Å²) in [7, 11) is 0. The summed E-state index contributed by atoms with van der Waals surface area (Å²) < 4.78 is 0. The Balaban J connectivity index is 2.23. The van der Waals surface area contributed by atoms with Crippen molar-refractivity contribution in [1.82, 2.24) is 0 Å². The summed E-state index contributed by atoms with van der Waals surface area (Å²) in [5.41, 5.74) is 0. The molecule has 0 saturated heterocycles. The lowest BCUT2D eigenvalue weighted by Gasteiger charge is -2.31. The van der Waals surface area contributed by atoms with Crippen molar-refractivity contribution in [1.29, 1.82) is 0 Å². The highest BCUT2D eigenvalue weighted by atomic mass is 16.4. The minimum atomic E-state index is -1.03. The van der Waals surface area contributed by atoms with Gasteiger partial charge < -0.3 is 14.7 Å². The second-order valence-electron chi connectivity index (χ2n) is 4.43. The Bertz CT molecular complexity index is 249. The Morgan fingerprint density at radius 3 is 2.69 bits per heavy atom. The first-order valence-electron chi connectivity index (χ1n) is 4.81. The van der Waals surface area contributed by atoms with Crippen molar-refractivity contribution in [2.24, 2.45) is 29.6 Å². The van der Waals surface area contributed by atoms with E-state index < -0.39 is 11.9 Å². The summed E-state index contributed by atoms with van der Waals surface area (Å²) in [6.07, 6.45) is 2.68. The van der Waals surface area contributed by atoms with Crippen molar-refractivity contribution in [3.63, 3.8) is 0 Å². The lowest BCUT2D eigenvalue weighted by molar-refractivity contribution is -0.314. The van der Waals surface area contributed by atoms with Crippen LogP contribution in [0.5, 0.6) is 0 Å². The first-order chi connectivity index (χ1) is 6.15. The molecule has 2 aliphatic rings. The van der Waals surface area contributed by atoms with Gasteiger partial charge in [-0.25, -0.2) is 0 Å². The molecule has 0 spiro atoms. The van der Waals surface area contributed by atoms with Crippen LogP contribution < -0.4 is 5.11 Å². The van der Waals surface area contributed by atoms with E-state index in [2.05, 4.69) is 6.92 Å². The number of rotatable bonds is 2. The summed E-state index contributed by atoms with van der Waals surface area (Å²) in [4.78, 5) is 21.6. The van der Waals surface area contributed by atoms with Crippen molar-refractivity contribution in [3.05, 3.63) is 0 Å². The van der Waals surface area contributed by atoms with Gasteiger partial charge in [-0.1, -0.05) is 6.92 Å². The average Bonchev–Trinajstić information content (AvgIpc) is 2.58. The van der Waals surface area contributed by atoms with Gasteiger partial charge in [0.1, 0.15) is 6.29 Å². The van der Waals surface area contributed by atoms with Gasteiger partial charge in [0.15, 0.2) is 0 Å². The molecule has 0 amide bonds. The van der Waals surface area contributed by atoms with Crippen LogP contribution in [0.1, 0.15) is 19.8 Å². The number of carboxylic acids is 1. The molecule has 3 nitrogen and oxygen atoms in total. The van der Waals surface area contributed by atoms with Crippen LogP contribution >= 0.6 is 0 Å². The van der Waals surface area contributed by atoms with Gasteiger partial charge in [-0.2, -0.15) is 0 Å². The van der Waals surface area contributed by atoms with Crippen LogP contribution in [0.3, 0.4) is 0 Å². The van der Waals surface area contributed by atoms with Gasteiger partial charge in [0, 0.05) is 17.8 Å². The first-order valence-corrected chi connectivity index (χ1v) is 4.81. The van der Waals surface area contributed by atoms with Crippen LogP contribution in [0.4, 0.5) is 0 Å². The summed E-state index contributed by atoms with van der Waals surface area (Å²) >= 11 is 0. The van der Waals surface area contributed by atoms with Crippen molar-refractivity contribution in [3.8, 4) is 0 Å². The Labute approximate surface area is 77.1 Å². The summed E-state index contributed by atoms with van der Waals surface area (Å²) in [6.45, 7) is 2.10. The highest BCUT2D eigenvalue weighted by molar-refractivity contribution is 5.75. The van der Waals surface area contributed by atoms with Gasteiger partial charge in [0.2, 0.25) is 0 Å². The summed E-state index contributed by atoms with van der Waals surface area (Å²) in [5, 5.41) is 10.8. The van der Waals surface area contributed by atoms with Gasteiger partial charge in [-0.05, 0) is 30.6 Å². The molecule has 2 rings (SSSR count). The number of aldehydes is 1. The molecule has 0 aromatic carbocycles. The van der Waals surface area contributed by atoms with Crippen molar-refractivity contribution < 1.29 is 14.7 Å². The monoisotopic (exact) mass is 181 g/mol. The number of carboxylic acid groups (broad SMARTS) is 1. The molecule has 2 fully saturated rings. The van der Waals surface area contributed by atoms with Gasteiger partial charge in [-0.3, -0.25) is 0 Å². The van der Waals surface area contributed by atoms with Crippen molar-refractivity contribution in [2.45, 2.75) is 19.8 Å². The van der Waals surface area contributed by atoms with Gasteiger partial charge in [0.05, 0.1) is 0 Å². The summed E-state index contributed by atoms with van der Waals surface area (Å²) in [5.74, 6) is -0.810. The molecule has 0 aromatic heterocycles. The van der Waals surface area contributed by atoms with Crippen LogP contribution in [0.25, 0.3) is 0 Å². The van der Waals surface area contributed by atoms with Gasteiger partial charge in [0.25, 0.3) is 0 Å². The molecule has 13 heavy (non-hydrogen) atoms. The minimum absolute atomic E-state index is 0.195. The largest absolute Gasteiger partial charge is 0.550 e. The third-order valence-electron chi connectivity index (χ3n) is 3.83.